The minimum Gasteiger partial charge on any atom is -0.507 e. The van der Waals surface area contributed by atoms with Gasteiger partial charge in [0.25, 0.3) is 0 Å². The van der Waals surface area contributed by atoms with Gasteiger partial charge in [-0.25, -0.2) is 0 Å². The summed E-state index contributed by atoms with van der Waals surface area (Å²) in [5.74, 6) is 0.374. The number of aromatic hydroxyl groups is 1. The molecule has 0 aliphatic carbocycles. The van der Waals surface area contributed by atoms with Gasteiger partial charge in [0, 0.05) is 10.1 Å². The normalized spacial score (nSPS) is 9.45. The molecule has 1 aromatic carbocycles. The molecule has 0 saturated heterocycles. The highest BCUT2D eigenvalue weighted by Crippen LogP contribution is 2.27. The molecule has 2 rings (SSSR count). The van der Waals surface area contributed by atoms with Crippen LogP contribution in [0.5, 0.6) is 5.75 Å². The van der Waals surface area contributed by atoms with Gasteiger partial charge in [-0.15, -0.1) is 23.7 Å². The van der Waals surface area contributed by atoms with E-state index in [-0.39, 0.29) is 12.4 Å². The van der Waals surface area contributed by atoms with Gasteiger partial charge >= 0.3 is 0 Å². The Labute approximate surface area is 74.7 Å². The summed E-state index contributed by atoms with van der Waals surface area (Å²) in [6.45, 7) is 0. The van der Waals surface area contributed by atoms with E-state index >= 15 is 0 Å². The van der Waals surface area contributed by atoms with Crippen LogP contribution in [0.4, 0.5) is 0 Å². The highest BCUT2D eigenvalue weighted by molar-refractivity contribution is 7.17. The lowest BCUT2D eigenvalue weighted by molar-refractivity contribution is 0.482. The van der Waals surface area contributed by atoms with Crippen molar-refractivity contribution in [2.24, 2.45) is 0 Å². The van der Waals surface area contributed by atoms with Gasteiger partial charge in [0.1, 0.15) is 5.75 Å². The summed E-state index contributed by atoms with van der Waals surface area (Å²) in [6, 6.07) is 7.48. The molecular weight excluding hydrogens is 180 g/mol. The molecule has 1 heterocycles. The summed E-state index contributed by atoms with van der Waals surface area (Å²) in [7, 11) is 0. The van der Waals surface area contributed by atoms with E-state index in [2.05, 4.69) is 0 Å². The Kier molecular flexibility index (Phi) is 2.37. The van der Waals surface area contributed by atoms with Gasteiger partial charge in [0.05, 0.1) is 0 Å². The van der Waals surface area contributed by atoms with Crippen molar-refractivity contribution in [2.45, 2.75) is 0 Å². The van der Waals surface area contributed by atoms with Crippen molar-refractivity contribution in [1.29, 1.82) is 0 Å². The molecule has 1 N–H and O–H groups in total. The molecule has 0 amide bonds. The van der Waals surface area contributed by atoms with Gasteiger partial charge in [-0.3, -0.25) is 0 Å². The second kappa shape index (κ2) is 3.11. The second-order valence-corrected chi connectivity index (χ2v) is 3.06. The molecule has 0 spiro atoms. The Balaban J connectivity index is 0.000000605. The summed E-state index contributed by atoms with van der Waals surface area (Å²) in [5.41, 5.74) is 0. The first kappa shape index (κ1) is 8.37. The number of benzene rings is 1. The first-order valence-electron chi connectivity index (χ1n) is 3.03. The summed E-state index contributed by atoms with van der Waals surface area (Å²) in [6.07, 6.45) is 0. The van der Waals surface area contributed by atoms with E-state index in [0.29, 0.717) is 5.75 Å². The van der Waals surface area contributed by atoms with Crippen molar-refractivity contribution in [1.82, 2.24) is 0 Å². The molecule has 0 aliphatic rings. The molecule has 0 unspecified atom stereocenters. The maximum atomic E-state index is 9.27. The van der Waals surface area contributed by atoms with Crippen molar-refractivity contribution in [3.05, 3.63) is 29.6 Å². The van der Waals surface area contributed by atoms with Crippen LogP contribution in [-0.2, 0) is 0 Å². The number of phenolic OH excluding ortho intramolecular Hbond substituents is 1. The van der Waals surface area contributed by atoms with E-state index in [1.807, 2.05) is 23.6 Å². The van der Waals surface area contributed by atoms with E-state index < -0.39 is 0 Å². The van der Waals surface area contributed by atoms with Crippen molar-refractivity contribution in [2.75, 3.05) is 0 Å². The highest BCUT2D eigenvalue weighted by atomic mass is 35.5. The summed E-state index contributed by atoms with van der Waals surface area (Å²) >= 11 is 1.64. The van der Waals surface area contributed by atoms with Crippen molar-refractivity contribution >= 4 is 33.8 Å². The SMILES string of the molecule is Cl.Oc1cccc2sccc12. The van der Waals surface area contributed by atoms with E-state index in [1.165, 1.54) is 0 Å². The topological polar surface area (TPSA) is 20.2 Å². The van der Waals surface area contributed by atoms with E-state index in [0.717, 1.165) is 10.1 Å². The zero-order valence-electron chi connectivity index (χ0n) is 5.65. The van der Waals surface area contributed by atoms with Crippen LogP contribution in [-0.4, -0.2) is 5.11 Å². The first-order valence-corrected chi connectivity index (χ1v) is 3.91. The molecule has 0 radical (unpaired) electrons. The minimum absolute atomic E-state index is 0. The fourth-order valence-corrected chi connectivity index (χ4v) is 1.79. The third kappa shape index (κ3) is 1.32. The minimum atomic E-state index is 0. The predicted molar refractivity (Wildman–Crippen MR) is 50.7 cm³/mol. The molecule has 0 atom stereocenters. The van der Waals surface area contributed by atoms with Crippen LogP contribution in [0.1, 0.15) is 0 Å². The molecule has 58 valence electrons. The van der Waals surface area contributed by atoms with Crippen LogP contribution in [0.15, 0.2) is 29.6 Å². The summed E-state index contributed by atoms with van der Waals surface area (Å²) in [4.78, 5) is 0. The zero-order chi connectivity index (χ0) is 6.97. The van der Waals surface area contributed by atoms with E-state index in [1.54, 1.807) is 17.4 Å². The number of thiophene rings is 1. The van der Waals surface area contributed by atoms with Gasteiger partial charge in [0.2, 0.25) is 0 Å². The third-order valence-corrected chi connectivity index (χ3v) is 2.35. The van der Waals surface area contributed by atoms with Crippen molar-refractivity contribution in [3.8, 4) is 5.75 Å². The van der Waals surface area contributed by atoms with E-state index in [4.69, 9.17) is 0 Å². The largest absolute Gasteiger partial charge is 0.507 e. The molecule has 0 bridgehead atoms. The molecule has 0 aliphatic heterocycles. The monoisotopic (exact) mass is 186 g/mol. The lowest BCUT2D eigenvalue weighted by Crippen LogP contribution is -1.62. The molecule has 1 aromatic heterocycles. The molecule has 2 aromatic rings. The maximum Gasteiger partial charge on any atom is 0.124 e. The van der Waals surface area contributed by atoms with Gasteiger partial charge in [-0.05, 0) is 23.6 Å². The average Bonchev–Trinajstić information content (AvgIpc) is 2.36. The fraction of sp³-hybridized carbons (Fsp3) is 0. The van der Waals surface area contributed by atoms with Crippen LogP contribution in [0.25, 0.3) is 10.1 Å². The van der Waals surface area contributed by atoms with E-state index in [9.17, 15) is 5.11 Å². The zero-order valence-corrected chi connectivity index (χ0v) is 7.28. The summed E-state index contributed by atoms with van der Waals surface area (Å²) < 4.78 is 1.14. The number of fused-ring (bicyclic) bond motifs is 1. The highest BCUT2D eigenvalue weighted by Gasteiger charge is 1.96. The predicted octanol–water partition coefficient (Wildman–Crippen LogP) is 3.03. The summed E-state index contributed by atoms with van der Waals surface area (Å²) in [5, 5.41) is 12.2. The first-order chi connectivity index (χ1) is 4.88. The van der Waals surface area contributed by atoms with Crippen LogP contribution in [0.2, 0.25) is 0 Å². The lowest BCUT2D eigenvalue weighted by atomic mass is 10.2. The third-order valence-electron chi connectivity index (χ3n) is 1.47. The van der Waals surface area contributed by atoms with Crippen LogP contribution in [0, 0.1) is 0 Å². The Morgan fingerprint density at radius 2 is 2.00 bits per heavy atom. The maximum absolute atomic E-state index is 9.27. The average molecular weight is 187 g/mol. The van der Waals surface area contributed by atoms with Crippen molar-refractivity contribution in [3.63, 3.8) is 0 Å². The Morgan fingerprint density at radius 1 is 1.18 bits per heavy atom. The standard InChI is InChI=1S/C8H6OS.ClH/c9-7-2-1-3-8-6(7)4-5-10-8;/h1-5,9H;1H. The number of halogens is 1. The molecule has 0 fully saturated rings. The molecule has 0 saturated carbocycles. The van der Waals surface area contributed by atoms with Gasteiger partial charge in [-0.1, -0.05) is 6.07 Å². The second-order valence-electron chi connectivity index (χ2n) is 2.11. The smallest absolute Gasteiger partial charge is 0.124 e. The van der Waals surface area contributed by atoms with Crippen LogP contribution in [0.3, 0.4) is 0 Å². The van der Waals surface area contributed by atoms with Crippen LogP contribution >= 0.6 is 23.7 Å². The Bertz CT molecular complexity index is 356. The fourth-order valence-electron chi connectivity index (χ4n) is 0.978. The number of phenols is 1. The molecule has 3 heteroatoms. The van der Waals surface area contributed by atoms with Gasteiger partial charge in [-0.2, -0.15) is 0 Å². The van der Waals surface area contributed by atoms with Crippen molar-refractivity contribution < 1.29 is 5.11 Å². The molecule has 11 heavy (non-hydrogen) atoms. The number of hydrogen-bond donors (Lipinski definition) is 1. The number of rotatable bonds is 0. The van der Waals surface area contributed by atoms with Gasteiger partial charge < -0.3 is 5.11 Å². The Hall–Kier alpha value is -0.730. The Morgan fingerprint density at radius 3 is 2.73 bits per heavy atom. The van der Waals surface area contributed by atoms with Crippen LogP contribution < -0.4 is 0 Å². The molecular formula is C8H7ClOS. The number of hydrogen-bond acceptors (Lipinski definition) is 2. The molecule has 1 nitrogen and oxygen atoms in total. The quantitative estimate of drug-likeness (QED) is 0.671. The van der Waals surface area contributed by atoms with Gasteiger partial charge in [0.15, 0.2) is 0 Å². The lowest BCUT2D eigenvalue weighted by Gasteiger charge is -1.90.